The fourth-order valence-corrected chi connectivity index (χ4v) is 3.68. The first-order valence-corrected chi connectivity index (χ1v) is 9.12. The van der Waals surface area contributed by atoms with Gasteiger partial charge < -0.3 is 19.5 Å². The molecule has 5 nitrogen and oxygen atoms in total. The van der Waals surface area contributed by atoms with E-state index >= 15 is 0 Å². The minimum Gasteiger partial charge on any atom is -0.496 e. The molecule has 1 heterocycles. The van der Waals surface area contributed by atoms with Crippen LogP contribution in [0.15, 0.2) is 36.4 Å². The zero-order valence-electron chi connectivity index (χ0n) is 14.9. The Morgan fingerprint density at radius 2 is 1.88 bits per heavy atom. The largest absolute Gasteiger partial charge is 0.496 e. The van der Waals surface area contributed by atoms with Crippen LogP contribution in [0.4, 0.5) is 0 Å². The van der Waals surface area contributed by atoms with Gasteiger partial charge in [0.2, 0.25) is 0 Å². The minimum absolute atomic E-state index is 0.0214. The number of hydrogen-bond donors (Lipinski definition) is 1. The van der Waals surface area contributed by atoms with E-state index in [1.165, 1.54) is 11.1 Å². The van der Waals surface area contributed by atoms with Crippen LogP contribution in [-0.4, -0.2) is 26.2 Å². The van der Waals surface area contributed by atoms with E-state index in [1.54, 1.807) is 19.2 Å². The van der Waals surface area contributed by atoms with E-state index in [1.807, 2.05) is 6.07 Å². The third-order valence-electron chi connectivity index (χ3n) is 4.99. The maximum Gasteiger partial charge on any atom is 0.255 e. The lowest BCUT2D eigenvalue weighted by atomic mass is 9.87. The number of carbonyl (C=O) groups excluding carboxylic acids is 1. The summed E-state index contributed by atoms with van der Waals surface area (Å²) in [6, 6.07) is 11.8. The van der Waals surface area contributed by atoms with E-state index in [9.17, 15) is 4.79 Å². The summed E-state index contributed by atoms with van der Waals surface area (Å²) in [6.07, 6.45) is 3.89. The monoisotopic (exact) mass is 353 g/mol. The maximum atomic E-state index is 13.0. The van der Waals surface area contributed by atoms with Gasteiger partial charge in [0.1, 0.15) is 5.75 Å². The lowest BCUT2D eigenvalue weighted by Gasteiger charge is -2.26. The average molecular weight is 353 g/mol. The predicted molar refractivity (Wildman–Crippen MR) is 98.2 cm³/mol. The van der Waals surface area contributed by atoms with Gasteiger partial charge in [0.05, 0.1) is 31.9 Å². The van der Waals surface area contributed by atoms with Gasteiger partial charge in [-0.2, -0.15) is 0 Å². The van der Waals surface area contributed by atoms with Crippen LogP contribution >= 0.6 is 0 Å². The molecule has 0 saturated heterocycles. The molecule has 0 fully saturated rings. The highest BCUT2D eigenvalue weighted by Gasteiger charge is 2.25. The molecule has 1 aliphatic carbocycles. The van der Waals surface area contributed by atoms with Crippen molar-refractivity contribution in [1.82, 2.24) is 5.32 Å². The number of carbonyl (C=O) groups is 1. The third-order valence-corrected chi connectivity index (χ3v) is 4.99. The van der Waals surface area contributed by atoms with Crippen LogP contribution in [0.25, 0.3) is 0 Å². The fraction of sp³-hybridized carbons (Fsp3) is 0.381. The predicted octanol–water partition coefficient (Wildman–Crippen LogP) is 3.66. The number of aryl methyl sites for hydroxylation is 1. The number of ether oxygens (including phenoxy) is 3. The molecular weight excluding hydrogens is 330 g/mol. The number of hydrogen-bond acceptors (Lipinski definition) is 4. The molecule has 1 N–H and O–H groups in total. The summed E-state index contributed by atoms with van der Waals surface area (Å²) in [5.74, 6) is 1.56. The van der Waals surface area contributed by atoms with Crippen molar-refractivity contribution in [2.45, 2.75) is 31.7 Å². The molecule has 5 heteroatoms. The number of rotatable bonds is 3. The Morgan fingerprint density at radius 1 is 1.12 bits per heavy atom. The number of nitrogens with one attached hydrogen (secondary N) is 1. The van der Waals surface area contributed by atoms with Gasteiger partial charge in [0.25, 0.3) is 5.91 Å². The Bertz CT molecular complexity index is 818. The van der Waals surface area contributed by atoms with Crippen molar-refractivity contribution in [2.75, 3.05) is 20.3 Å². The molecule has 2 aromatic carbocycles. The Hall–Kier alpha value is -2.69. The lowest BCUT2D eigenvalue weighted by molar-refractivity contribution is 0.0929. The second-order valence-electron chi connectivity index (χ2n) is 6.67. The van der Waals surface area contributed by atoms with Crippen molar-refractivity contribution < 1.29 is 19.0 Å². The van der Waals surface area contributed by atoms with Crippen molar-refractivity contribution in [3.05, 3.63) is 53.1 Å². The topological polar surface area (TPSA) is 56.8 Å². The summed E-state index contributed by atoms with van der Waals surface area (Å²) in [4.78, 5) is 13.0. The molecule has 0 radical (unpaired) electrons. The normalized spacial score (nSPS) is 18.4. The smallest absolute Gasteiger partial charge is 0.255 e. The molecule has 4 rings (SSSR count). The Labute approximate surface area is 153 Å². The van der Waals surface area contributed by atoms with Gasteiger partial charge in [-0.3, -0.25) is 4.79 Å². The van der Waals surface area contributed by atoms with Crippen LogP contribution < -0.4 is 19.5 Å². The number of fused-ring (bicyclic) bond motifs is 2. The third kappa shape index (κ3) is 3.21. The van der Waals surface area contributed by atoms with Crippen LogP contribution in [0, 0.1) is 0 Å². The highest BCUT2D eigenvalue weighted by Crippen LogP contribution is 2.37. The van der Waals surface area contributed by atoms with E-state index in [-0.39, 0.29) is 11.9 Å². The van der Waals surface area contributed by atoms with Gasteiger partial charge in [-0.15, -0.1) is 0 Å². The summed E-state index contributed by atoms with van der Waals surface area (Å²) in [6.45, 7) is 1.18. The summed E-state index contributed by atoms with van der Waals surface area (Å²) >= 11 is 0. The highest BCUT2D eigenvalue weighted by molar-refractivity contribution is 5.98. The van der Waals surface area contributed by atoms with Crippen molar-refractivity contribution in [3.8, 4) is 17.2 Å². The molecule has 26 heavy (non-hydrogen) atoms. The second kappa shape index (κ2) is 7.28. The van der Waals surface area contributed by atoms with Crippen LogP contribution in [-0.2, 0) is 6.42 Å². The Morgan fingerprint density at radius 3 is 2.69 bits per heavy atom. The molecule has 1 amide bonds. The zero-order chi connectivity index (χ0) is 17.9. The van der Waals surface area contributed by atoms with Gasteiger partial charge in [-0.1, -0.05) is 24.3 Å². The average Bonchev–Trinajstić information content (AvgIpc) is 2.92. The summed E-state index contributed by atoms with van der Waals surface area (Å²) < 4.78 is 16.8. The molecule has 0 aromatic heterocycles. The van der Waals surface area contributed by atoms with Gasteiger partial charge >= 0.3 is 0 Å². The second-order valence-corrected chi connectivity index (χ2v) is 6.67. The number of amides is 1. The van der Waals surface area contributed by atoms with E-state index in [4.69, 9.17) is 14.2 Å². The lowest BCUT2D eigenvalue weighted by Crippen LogP contribution is -2.31. The van der Waals surface area contributed by atoms with Crippen molar-refractivity contribution in [3.63, 3.8) is 0 Å². The van der Waals surface area contributed by atoms with Crippen molar-refractivity contribution in [1.29, 1.82) is 0 Å². The van der Waals surface area contributed by atoms with Gasteiger partial charge in [0.15, 0.2) is 11.5 Å². The molecule has 1 unspecified atom stereocenters. The fourth-order valence-electron chi connectivity index (χ4n) is 3.68. The van der Waals surface area contributed by atoms with Crippen LogP contribution in [0.3, 0.4) is 0 Å². The molecule has 2 aliphatic rings. The SMILES string of the molecule is COc1cc2c(cc1C(=O)NC1CCCc3ccccc31)OCCCO2. The van der Waals surface area contributed by atoms with Crippen LogP contribution in [0.1, 0.15) is 46.8 Å². The van der Waals surface area contributed by atoms with E-state index in [2.05, 4.69) is 23.5 Å². The Kier molecular flexibility index (Phi) is 4.69. The molecule has 1 aliphatic heterocycles. The molecule has 2 aromatic rings. The molecular formula is C21H23NO4. The summed E-state index contributed by atoms with van der Waals surface area (Å²) in [5.41, 5.74) is 3.00. The highest BCUT2D eigenvalue weighted by atomic mass is 16.5. The van der Waals surface area contributed by atoms with Crippen molar-refractivity contribution in [2.24, 2.45) is 0 Å². The first kappa shape index (κ1) is 16.8. The molecule has 0 saturated carbocycles. The summed E-state index contributed by atoms with van der Waals surface area (Å²) in [5, 5.41) is 3.17. The molecule has 0 spiro atoms. The standard InChI is InChI=1S/C21H23NO4/c1-24-18-13-20-19(25-10-5-11-26-20)12-16(18)21(23)22-17-9-4-7-14-6-2-3-8-15(14)17/h2-3,6,8,12-13,17H,4-5,7,9-11H2,1H3,(H,22,23). The molecule has 1 atom stereocenters. The van der Waals surface area contributed by atoms with Crippen LogP contribution in [0.5, 0.6) is 17.2 Å². The zero-order valence-corrected chi connectivity index (χ0v) is 14.9. The first-order chi connectivity index (χ1) is 12.8. The van der Waals surface area contributed by atoms with E-state index < -0.39 is 0 Å². The maximum absolute atomic E-state index is 13.0. The van der Waals surface area contributed by atoms with Crippen molar-refractivity contribution >= 4 is 5.91 Å². The summed E-state index contributed by atoms with van der Waals surface area (Å²) in [7, 11) is 1.56. The first-order valence-electron chi connectivity index (χ1n) is 9.12. The quantitative estimate of drug-likeness (QED) is 0.915. The molecule has 136 valence electrons. The van der Waals surface area contributed by atoms with E-state index in [0.717, 1.165) is 25.7 Å². The van der Waals surface area contributed by atoms with Crippen LogP contribution in [0.2, 0.25) is 0 Å². The Balaban J connectivity index is 1.62. The minimum atomic E-state index is -0.154. The number of methoxy groups -OCH3 is 1. The van der Waals surface area contributed by atoms with Gasteiger partial charge in [-0.25, -0.2) is 0 Å². The van der Waals surface area contributed by atoms with E-state index in [0.29, 0.717) is 36.0 Å². The van der Waals surface area contributed by atoms with Gasteiger partial charge in [0, 0.05) is 18.6 Å². The number of benzene rings is 2. The van der Waals surface area contributed by atoms with Gasteiger partial charge in [-0.05, 0) is 30.4 Å². The molecule has 0 bridgehead atoms.